The molecule has 0 bridgehead atoms. The molecule has 0 aliphatic carbocycles. The van der Waals surface area contributed by atoms with Gasteiger partial charge in [-0.1, -0.05) is 42.1 Å². The molecule has 4 rings (SSSR count). The maximum absolute atomic E-state index is 14.6. The number of nitrogens with two attached hydrogens (primary N) is 1. The lowest BCUT2D eigenvalue weighted by Crippen LogP contribution is -2.44. The highest BCUT2D eigenvalue weighted by Gasteiger charge is 2.48. The lowest BCUT2D eigenvalue weighted by atomic mass is 10.0. The van der Waals surface area contributed by atoms with Crippen LogP contribution >= 0.6 is 11.8 Å². The van der Waals surface area contributed by atoms with E-state index in [0.717, 1.165) is 23.8 Å². The van der Waals surface area contributed by atoms with Crippen molar-refractivity contribution in [2.24, 2.45) is 10.8 Å². The van der Waals surface area contributed by atoms with E-state index in [9.17, 15) is 13.6 Å². The topological polar surface area (TPSA) is 83.6 Å². The number of thioether (sulfide) groups is 1. The molecule has 164 valence electrons. The minimum atomic E-state index is -0.985. The first-order valence-electron chi connectivity index (χ1n) is 10.0. The maximum atomic E-state index is 14.6. The van der Waals surface area contributed by atoms with Crippen molar-refractivity contribution >= 4 is 28.5 Å². The monoisotopic (exact) mass is 453 g/mol. The van der Waals surface area contributed by atoms with Crippen LogP contribution in [0.3, 0.4) is 0 Å². The Balaban J connectivity index is 1.81. The van der Waals surface area contributed by atoms with Gasteiger partial charge in [-0.3, -0.25) is 4.98 Å². The first kappa shape index (κ1) is 21.9. The number of nitrogens with zero attached hydrogens (tertiary/aromatic N) is 3. The number of aromatic nitrogens is 1. The van der Waals surface area contributed by atoms with Gasteiger partial charge in [0.25, 0.3) is 0 Å². The van der Waals surface area contributed by atoms with Crippen molar-refractivity contribution in [2.75, 3.05) is 11.9 Å². The number of anilines is 1. The van der Waals surface area contributed by atoms with Gasteiger partial charge in [0.2, 0.25) is 0 Å². The Morgan fingerprint density at radius 3 is 2.66 bits per heavy atom. The van der Waals surface area contributed by atoms with E-state index in [0.29, 0.717) is 25.1 Å². The number of urea groups is 1. The highest BCUT2D eigenvalue weighted by molar-refractivity contribution is 8.15. The minimum Gasteiger partial charge on any atom is -0.330 e. The standard InChI is InChI=1S/C23H21F2N5OS/c24-17-9-10-20(25)19(14-17)21-29-30(22(31)28-18-8-4-13-27-15-18)23(32-21,11-5-12-26)16-6-2-1-3-7-16/h1-4,6-10,13-15H,5,11-12,26H2,(H,28,31). The molecule has 0 saturated heterocycles. The molecule has 2 heterocycles. The molecule has 0 radical (unpaired) electrons. The van der Waals surface area contributed by atoms with Crippen molar-refractivity contribution < 1.29 is 13.6 Å². The Morgan fingerprint density at radius 1 is 1.12 bits per heavy atom. The molecule has 0 spiro atoms. The third kappa shape index (κ3) is 4.35. The molecule has 3 N–H and O–H groups in total. The first-order valence-corrected chi connectivity index (χ1v) is 10.8. The Labute approximate surface area is 188 Å². The van der Waals surface area contributed by atoms with Crippen LogP contribution in [0.25, 0.3) is 0 Å². The molecule has 1 aliphatic rings. The number of carbonyl (C=O) groups excluding carboxylic acids is 1. The molecular weight excluding hydrogens is 432 g/mol. The second kappa shape index (κ2) is 9.46. The Kier molecular flexibility index (Phi) is 6.48. The number of benzene rings is 2. The molecule has 32 heavy (non-hydrogen) atoms. The van der Waals surface area contributed by atoms with E-state index in [1.807, 2.05) is 30.3 Å². The summed E-state index contributed by atoms with van der Waals surface area (Å²) in [5.74, 6) is -1.21. The Hall–Kier alpha value is -3.30. The number of hydrogen-bond acceptors (Lipinski definition) is 5. The highest BCUT2D eigenvalue weighted by Crippen LogP contribution is 2.50. The molecule has 0 fully saturated rings. The number of carbonyl (C=O) groups is 1. The number of hydrogen-bond donors (Lipinski definition) is 2. The van der Waals surface area contributed by atoms with Gasteiger partial charge in [0, 0.05) is 11.8 Å². The fourth-order valence-corrected chi connectivity index (χ4v) is 4.93. The van der Waals surface area contributed by atoms with Gasteiger partial charge in [-0.25, -0.2) is 13.6 Å². The van der Waals surface area contributed by atoms with Crippen LogP contribution in [0.4, 0.5) is 19.3 Å². The van der Waals surface area contributed by atoms with Crippen LogP contribution in [0.2, 0.25) is 0 Å². The summed E-state index contributed by atoms with van der Waals surface area (Å²) < 4.78 is 28.5. The Bertz CT molecular complexity index is 1130. The predicted molar refractivity (Wildman–Crippen MR) is 122 cm³/mol. The molecule has 1 aliphatic heterocycles. The first-order chi connectivity index (χ1) is 15.5. The quantitative estimate of drug-likeness (QED) is 0.556. The third-order valence-electron chi connectivity index (χ3n) is 5.01. The zero-order chi connectivity index (χ0) is 22.6. The summed E-state index contributed by atoms with van der Waals surface area (Å²) in [5.41, 5.74) is 7.09. The SMILES string of the molecule is NCCCC1(c2ccccc2)SC(c2cc(F)ccc2F)=NN1C(=O)Nc1cccnc1. The molecule has 2 amide bonds. The lowest BCUT2D eigenvalue weighted by Gasteiger charge is -2.35. The minimum absolute atomic E-state index is 0.000248. The number of pyridine rings is 1. The third-order valence-corrected chi connectivity index (χ3v) is 6.45. The van der Waals surface area contributed by atoms with Gasteiger partial charge in [-0.05, 0) is 55.3 Å². The van der Waals surface area contributed by atoms with Crippen molar-refractivity contribution in [2.45, 2.75) is 17.7 Å². The van der Waals surface area contributed by atoms with Crippen molar-refractivity contribution in [1.29, 1.82) is 0 Å². The van der Waals surface area contributed by atoms with Crippen molar-refractivity contribution in [3.05, 3.63) is 95.8 Å². The molecule has 9 heteroatoms. The van der Waals surface area contributed by atoms with Gasteiger partial charge >= 0.3 is 6.03 Å². The van der Waals surface area contributed by atoms with Crippen LogP contribution in [-0.2, 0) is 4.87 Å². The summed E-state index contributed by atoms with van der Waals surface area (Å²) >= 11 is 1.21. The maximum Gasteiger partial charge on any atom is 0.344 e. The fourth-order valence-electron chi connectivity index (χ4n) is 3.51. The van der Waals surface area contributed by atoms with Gasteiger partial charge < -0.3 is 11.1 Å². The molecule has 6 nitrogen and oxygen atoms in total. The number of halogens is 2. The second-order valence-electron chi connectivity index (χ2n) is 7.16. The highest BCUT2D eigenvalue weighted by atomic mass is 32.2. The zero-order valence-electron chi connectivity index (χ0n) is 17.0. The summed E-state index contributed by atoms with van der Waals surface area (Å²) in [6, 6.07) is 15.4. The molecule has 1 unspecified atom stereocenters. The number of nitrogens with one attached hydrogen (secondary N) is 1. The van der Waals surface area contributed by atoms with Crippen LogP contribution in [0.15, 0.2) is 78.2 Å². The number of rotatable bonds is 6. The number of hydrazone groups is 1. The van der Waals surface area contributed by atoms with E-state index >= 15 is 0 Å². The molecule has 0 saturated carbocycles. The van der Waals surface area contributed by atoms with Gasteiger partial charge in [-0.2, -0.15) is 10.1 Å². The average Bonchev–Trinajstić information content (AvgIpc) is 3.21. The summed E-state index contributed by atoms with van der Waals surface area (Å²) in [5, 5.41) is 8.77. The van der Waals surface area contributed by atoms with Crippen molar-refractivity contribution in [3.8, 4) is 0 Å². The summed E-state index contributed by atoms with van der Waals surface area (Å²) in [7, 11) is 0. The van der Waals surface area contributed by atoms with E-state index in [1.54, 1.807) is 18.3 Å². The Morgan fingerprint density at radius 2 is 1.94 bits per heavy atom. The van der Waals surface area contributed by atoms with Crippen molar-refractivity contribution in [1.82, 2.24) is 9.99 Å². The van der Waals surface area contributed by atoms with Gasteiger partial charge in [0.05, 0.1) is 11.9 Å². The smallest absolute Gasteiger partial charge is 0.330 e. The van der Waals surface area contributed by atoms with Crippen LogP contribution in [0, 0.1) is 11.6 Å². The average molecular weight is 454 g/mol. The predicted octanol–water partition coefficient (Wildman–Crippen LogP) is 4.89. The molecule has 1 aromatic heterocycles. The van der Waals surface area contributed by atoms with E-state index in [1.165, 1.54) is 23.0 Å². The van der Waals surface area contributed by atoms with E-state index < -0.39 is 22.5 Å². The molecule has 2 aromatic carbocycles. The van der Waals surface area contributed by atoms with Gasteiger partial charge in [0.15, 0.2) is 0 Å². The van der Waals surface area contributed by atoms with Crippen LogP contribution in [0.1, 0.15) is 24.0 Å². The fraction of sp³-hybridized carbons (Fsp3) is 0.174. The summed E-state index contributed by atoms with van der Waals surface area (Å²) in [6.45, 7) is 0.400. The largest absolute Gasteiger partial charge is 0.344 e. The molecule has 1 atom stereocenters. The van der Waals surface area contributed by atoms with E-state index in [4.69, 9.17) is 5.73 Å². The van der Waals surface area contributed by atoms with Crippen molar-refractivity contribution in [3.63, 3.8) is 0 Å². The normalized spacial score (nSPS) is 17.8. The molecular formula is C23H21F2N5OS. The molecule has 3 aromatic rings. The van der Waals surface area contributed by atoms with Crippen LogP contribution in [-0.4, -0.2) is 27.6 Å². The lowest BCUT2D eigenvalue weighted by molar-refractivity contribution is 0.175. The van der Waals surface area contributed by atoms with E-state index in [-0.39, 0.29) is 10.6 Å². The summed E-state index contributed by atoms with van der Waals surface area (Å²) in [6.07, 6.45) is 4.16. The van der Waals surface area contributed by atoms with Gasteiger partial charge in [-0.15, -0.1) is 0 Å². The number of amides is 2. The van der Waals surface area contributed by atoms with Crippen LogP contribution in [0.5, 0.6) is 0 Å². The zero-order valence-corrected chi connectivity index (χ0v) is 17.9. The van der Waals surface area contributed by atoms with E-state index in [2.05, 4.69) is 15.4 Å². The second-order valence-corrected chi connectivity index (χ2v) is 8.42. The van der Waals surface area contributed by atoms with Crippen LogP contribution < -0.4 is 11.1 Å². The van der Waals surface area contributed by atoms with Gasteiger partial charge in [0.1, 0.15) is 21.5 Å². The summed E-state index contributed by atoms with van der Waals surface area (Å²) in [4.78, 5) is 16.4.